The van der Waals surface area contributed by atoms with Crippen molar-refractivity contribution in [1.82, 2.24) is 10.4 Å². The van der Waals surface area contributed by atoms with Crippen LogP contribution in [0.2, 0.25) is 0 Å². The van der Waals surface area contributed by atoms with Gasteiger partial charge in [0.15, 0.2) is 0 Å². The van der Waals surface area contributed by atoms with Gasteiger partial charge in [-0.15, -0.1) is 12.4 Å². The van der Waals surface area contributed by atoms with Crippen molar-refractivity contribution >= 4 is 35.8 Å². The third-order valence-corrected chi connectivity index (χ3v) is 6.09. The fourth-order valence-corrected chi connectivity index (χ4v) is 4.62. The van der Waals surface area contributed by atoms with Crippen LogP contribution in [-0.2, 0) is 6.54 Å². The van der Waals surface area contributed by atoms with Gasteiger partial charge in [0.05, 0.1) is 41.3 Å². The van der Waals surface area contributed by atoms with Crippen LogP contribution in [0.1, 0.15) is 36.9 Å². The number of benzene rings is 1. The van der Waals surface area contributed by atoms with Crippen LogP contribution in [0, 0.1) is 17.6 Å². The standard InChI is InChI=1S/C22H21ClF2N4O.ClH/c23-13-5-6-26-21-18-11-27-29-20(22(18)28-19(21)7-13)12-1-3-16(4-2-12)30-17-9-14(24)8-15(25)10-17;/h5,7-10,12,16,27-28H,1-4,6,11H2;1H. The van der Waals surface area contributed by atoms with Crippen molar-refractivity contribution < 1.29 is 13.5 Å². The number of nitrogens with one attached hydrogen (secondary N) is 2. The van der Waals surface area contributed by atoms with Crippen LogP contribution in [0.3, 0.4) is 0 Å². The molecule has 0 spiro atoms. The predicted molar refractivity (Wildman–Crippen MR) is 118 cm³/mol. The molecule has 0 atom stereocenters. The summed E-state index contributed by atoms with van der Waals surface area (Å²) in [6.45, 7) is 1.19. The molecule has 0 bridgehead atoms. The summed E-state index contributed by atoms with van der Waals surface area (Å²) in [4.78, 5) is 8.14. The molecule has 3 aliphatic rings. The lowest BCUT2D eigenvalue weighted by atomic mass is 9.82. The van der Waals surface area contributed by atoms with Crippen molar-refractivity contribution in [1.29, 1.82) is 0 Å². The molecule has 0 amide bonds. The topological polar surface area (TPSA) is 61.8 Å². The van der Waals surface area contributed by atoms with E-state index < -0.39 is 11.6 Å². The molecule has 2 aliphatic heterocycles. The maximum atomic E-state index is 13.4. The highest BCUT2D eigenvalue weighted by Crippen LogP contribution is 2.31. The van der Waals surface area contributed by atoms with Crippen molar-refractivity contribution in [2.24, 2.45) is 16.0 Å². The molecule has 2 N–H and O–H groups in total. The van der Waals surface area contributed by atoms with Crippen molar-refractivity contribution in [3.05, 3.63) is 62.9 Å². The van der Waals surface area contributed by atoms with Gasteiger partial charge in [0.2, 0.25) is 0 Å². The molecular weight excluding hydrogens is 445 g/mol. The molecule has 0 radical (unpaired) electrons. The number of hydrogen-bond donors (Lipinski definition) is 2. The second-order valence-corrected chi connectivity index (χ2v) is 8.28. The second-order valence-electron chi connectivity index (χ2n) is 7.84. The number of H-pyrrole nitrogens is 1. The first-order chi connectivity index (χ1) is 14.6. The number of nitrogens with zero attached hydrogens (tertiary/aromatic N) is 2. The number of halogens is 4. The zero-order valence-corrected chi connectivity index (χ0v) is 18.2. The highest BCUT2D eigenvalue weighted by Gasteiger charge is 2.31. The van der Waals surface area contributed by atoms with Crippen LogP contribution in [0.15, 0.2) is 39.4 Å². The summed E-state index contributed by atoms with van der Waals surface area (Å²) in [7, 11) is 0. The van der Waals surface area contributed by atoms with Crippen LogP contribution < -0.4 is 20.9 Å². The predicted octanol–water partition coefficient (Wildman–Crippen LogP) is 3.70. The average Bonchev–Trinajstić information content (AvgIpc) is 2.94. The summed E-state index contributed by atoms with van der Waals surface area (Å²) in [6.07, 6.45) is 7.09. The van der Waals surface area contributed by atoms with E-state index in [1.54, 1.807) is 0 Å². The summed E-state index contributed by atoms with van der Waals surface area (Å²) in [5.74, 6) is -0.742. The average molecular weight is 467 g/mol. The van der Waals surface area contributed by atoms with Gasteiger partial charge in [-0.25, -0.2) is 8.78 Å². The number of hydrogen-bond acceptors (Lipinski definition) is 4. The van der Waals surface area contributed by atoms with Gasteiger partial charge in [0, 0.05) is 34.7 Å². The van der Waals surface area contributed by atoms with Gasteiger partial charge in [0.25, 0.3) is 0 Å². The van der Waals surface area contributed by atoms with Crippen LogP contribution in [0.4, 0.5) is 8.78 Å². The quantitative estimate of drug-likeness (QED) is 0.724. The van der Waals surface area contributed by atoms with Crippen molar-refractivity contribution in [2.75, 3.05) is 6.54 Å². The number of hydrazone groups is 1. The summed E-state index contributed by atoms with van der Waals surface area (Å²) in [6, 6.07) is 3.30. The molecule has 0 saturated heterocycles. The molecule has 1 fully saturated rings. The maximum absolute atomic E-state index is 13.4. The lowest BCUT2D eigenvalue weighted by Gasteiger charge is -2.30. The Morgan fingerprint density at radius 1 is 1.06 bits per heavy atom. The second kappa shape index (κ2) is 9.01. The van der Waals surface area contributed by atoms with E-state index in [0.29, 0.717) is 18.1 Å². The molecular formula is C22H22Cl2F2N4O. The smallest absolute Gasteiger partial charge is 0.129 e. The first-order valence-corrected chi connectivity index (χ1v) is 10.5. The number of aromatic amines is 1. The number of ether oxygens (including phenoxy) is 1. The zero-order valence-electron chi connectivity index (χ0n) is 16.6. The van der Waals surface area contributed by atoms with E-state index in [1.165, 1.54) is 12.1 Å². The third kappa shape index (κ3) is 4.48. The lowest BCUT2D eigenvalue weighted by Crippen LogP contribution is -2.33. The van der Waals surface area contributed by atoms with Gasteiger partial charge in [-0.2, -0.15) is 5.10 Å². The first-order valence-electron chi connectivity index (χ1n) is 10.1. The van der Waals surface area contributed by atoms with Gasteiger partial charge in [0.1, 0.15) is 17.4 Å². The van der Waals surface area contributed by atoms with Gasteiger partial charge >= 0.3 is 0 Å². The molecule has 9 heteroatoms. The Morgan fingerprint density at radius 2 is 1.81 bits per heavy atom. The zero-order chi connectivity index (χ0) is 20.7. The highest BCUT2D eigenvalue weighted by atomic mass is 35.5. The number of allylic oxidation sites excluding steroid dienone is 1. The Morgan fingerprint density at radius 3 is 2.55 bits per heavy atom. The number of aromatic nitrogens is 1. The molecule has 1 aromatic carbocycles. The van der Waals surface area contributed by atoms with Crippen molar-refractivity contribution in [3.63, 3.8) is 0 Å². The van der Waals surface area contributed by atoms with Crippen LogP contribution in [0.5, 0.6) is 5.75 Å². The molecule has 5 nitrogen and oxygen atoms in total. The number of fused-ring (bicyclic) bond motifs is 3. The van der Waals surface area contributed by atoms with Crippen molar-refractivity contribution in [3.8, 4) is 5.75 Å². The molecule has 164 valence electrons. The van der Waals surface area contributed by atoms with E-state index in [2.05, 4.69) is 20.5 Å². The minimum atomic E-state index is -0.627. The number of rotatable bonds is 3. The molecule has 2 aromatic rings. The normalized spacial score (nSPS) is 22.2. The Bertz CT molecular complexity index is 1150. The maximum Gasteiger partial charge on any atom is 0.129 e. The van der Waals surface area contributed by atoms with E-state index in [1.807, 2.05) is 12.2 Å². The minimum Gasteiger partial charge on any atom is -0.490 e. The van der Waals surface area contributed by atoms with Gasteiger partial charge in [-0.05, 0) is 37.8 Å². The molecule has 5 rings (SSSR count). The molecule has 1 aromatic heterocycles. The molecule has 31 heavy (non-hydrogen) atoms. The molecule has 1 saturated carbocycles. The largest absolute Gasteiger partial charge is 0.490 e. The van der Waals surface area contributed by atoms with E-state index in [4.69, 9.17) is 16.3 Å². The first kappa shape index (κ1) is 21.8. The van der Waals surface area contributed by atoms with Crippen LogP contribution >= 0.6 is 24.0 Å². The molecule has 1 aliphatic carbocycles. The minimum absolute atomic E-state index is 0. The highest BCUT2D eigenvalue weighted by molar-refractivity contribution is 6.34. The summed E-state index contributed by atoms with van der Waals surface area (Å²) in [5.41, 5.74) is 6.31. The molecule has 0 unspecified atom stereocenters. The van der Waals surface area contributed by atoms with Crippen molar-refractivity contribution in [2.45, 2.75) is 38.3 Å². The Balaban J connectivity index is 0.00000231. The van der Waals surface area contributed by atoms with E-state index in [0.717, 1.165) is 59.4 Å². The monoisotopic (exact) mass is 466 g/mol. The summed E-state index contributed by atoms with van der Waals surface area (Å²) in [5, 5.41) is 7.14. The molecule has 3 heterocycles. The van der Waals surface area contributed by atoms with E-state index in [9.17, 15) is 8.78 Å². The Kier molecular flexibility index (Phi) is 6.34. The summed E-state index contributed by atoms with van der Waals surface area (Å²) < 4.78 is 32.6. The van der Waals surface area contributed by atoms with E-state index >= 15 is 0 Å². The van der Waals surface area contributed by atoms with Gasteiger partial charge in [-0.1, -0.05) is 11.6 Å². The Labute approximate surface area is 189 Å². The SMILES string of the molecule is Cl.Fc1cc(F)cc(OC2CCC(C3=NNCc4c3[nH]c3c4=NCC=C(Cl)C=3)CC2)c1. The lowest BCUT2D eigenvalue weighted by molar-refractivity contribution is 0.143. The van der Waals surface area contributed by atoms with Gasteiger partial charge < -0.3 is 15.1 Å². The van der Waals surface area contributed by atoms with Gasteiger partial charge in [-0.3, -0.25) is 4.99 Å². The summed E-state index contributed by atoms with van der Waals surface area (Å²) >= 11 is 6.22. The fourth-order valence-electron chi connectivity index (χ4n) is 4.45. The fraction of sp³-hybridized carbons (Fsp3) is 0.364. The van der Waals surface area contributed by atoms with Crippen LogP contribution in [-0.4, -0.2) is 23.3 Å². The van der Waals surface area contributed by atoms with E-state index in [-0.39, 0.29) is 30.2 Å². The third-order valence-electron chi connectivity index (χ3n) is 5.83. The van der Waals surface area contributed by atoms with Crippen LogP contribution in [0.25, 0.3) is 6.08 Å². The Hall–Kier alpha value is -2.38.